The fourth-order valence-electron chi connectivity index (χ4n) is 1.07. The third-order valence-electron chi connectivity index (χ3n) is 1.94. The Kier molecular flexibility index (Phi) is 2.93. The van der Waals surface area contributed by atoms with Crippen molar-refractivity contribution < 1.29 is 8.78 Å². The molecule has 1 atom stereocenters. The van der Waals surface area contributed by atoms with Crippen LogP contribution in [0.25, 0.3) is 0 Å². The Hall–Kier alpha value is -1.03. The average Bonchev–Trinajstić information content (AvgIpc) is 2.03. The molecule has 1 aromatic rings. The van der Waals surface area contributed by atoms with Gasteiger partial charge in [-0.15, -0.1) is 0 Å². The van der Waals surface area contributed by atoms with Crippen molar-refractivity contribution in [2.75, 3.05) is 0 Å². The van der Waals surface area contributed by atoms with E-state index in [-0.39, 0.29) is 11.5 Å². The van der Waals surface area contributed by atoms with Crippen molar-refractivity contribution in [3.63, 3.8) is 0 Å². The van der Waals surface area contributed by atoms with Crippen molar-refractivity contribution in [1.82, 2.24) is 4.98 Å². The van der Waals surface area contributed by atoms with Crippen molar-refractivity contribution >= 4 is 0 Å². The number of hydrogen-bond acceptors (Lipinski definition) is 2. The van der Waals surface area contributed by atoms with E-state index in [1.807, 2.05) is 13.8 Å². The summed E-state index contributed by atoms with van der Waals surface area (Å²) in [5.41, 5.74) is 5.55. The van der Waals surface area contributed by atoms with Gasteiger partial charge in [0, 0.05) is 11.6 Å². The first-order chi connectivity index (χ1) is 6.04. The van der Waals surface area contributed by atoms with Crippen LogP contribution in [0.5, 0.6) is 0 Å². The molecule has 0 aliphatic heterocycles. The van der Waals surface area contributed by atoms with E-state index in [1.54, 1.807) is 0 Å². The minimum Gasteiger partial charge on any atom is -0.324 e. The molecular formula is C9H12F2N2. The molecule has 2 nitrogen and oxygen atoms in total. The third-order valence-corrected chi connectivity index (χ3v) is 1.94. The highest BCUT2D eigenvalue weighted by Crippen LogP contribution is 2.23. The molecule has 4 heteroatoms. The van der Waals surface area contributed by atoms with Crippen molar-refractivity contribution in [2.24, 2.45) is 11.7 Å². The molecule has 1 aromatic heterocycles. The first kappa shape index (κ1) is 10.1. The molecule has 72 valence electrons. The van der Waals surface area contributed by atoms with Gasteiger partial charge in [0.25, 0.3) is 0 Å². The topological polar surface area (TPSA) is 38.9 Å². The second-order valence-electron chi connectivity index (χ2n) is 3.29. The summed E-state index contributed by atoms with van der Waals surface area (Å²) in [6.07, 6.45) is 1.95. The lowest BCUT2D eigenvalue weighted by Gasteiger charge is -2.16. The number of rotatable bonds is 2. The van der Waals surface area contributed by atoms with Gasteiger partial charge < -0.3 is 5.73 Å². The zero-order valence-corrected chi connectivity index (χ0v) is 7.59. The average molecular weight is 186 g/mol. The number of aromatic nitrogens is 1. The molecule has 0 fully saturated rings. The highest BCUT2D eigenvalue weighted by Gasteiger charge is 2.19. The van der Waals surface area contributed by atoms with Gasteiger partial charge in [0.2, 0.25) is 0 Å². The second-order valence-corrected chi connectivity index (χ2v) is 3.29. The Balaban J connectivity index is 3.12. The Morgan fingerprint density at radius 2 is 1.69 bits per heavy atom. The predicted molar refractivity (Wildman–Crippen MR) is 45.9 cm³/mol. The quantitative estimate of drug-likeness (QED) is 0.767. The van der Waals surface area contributed by atoms with Crippen molar-refractivity contribution in [2.45, 2.75) is 19.9 Å². The maximum atomic E-state index is 13.1. The first-order valence-electron chi connectivity index (χ1n) is 4.08. The van der Waals surface area contributed by atoms with Gasteiger partial charge in [-0.25, -0.2) is 8.78 Å². The molecule has 0 amide bonds. The Morgan fingerprint density at radius 3 is 2.08 bits per heavy atom. The van der Waals surface area contributed by atoms with Crippen LogP contribution in [-0.4, -0.2) is 4.98 Å². The molecule has 0 aliphatic carbocycles. The molecule has 0 spiro atoms. The van der Waals surface area contributed by atoms with Gasteiger partial charge in [0.15, 0.2) is 0 Å². The summed E-state index contributed by atoms with van der Waals surface area (Å²) in [5, 5.41) is 0. The van der Waals surface area contributed by atoms with Crippen LogP contribution in [0.1, 0.15) is 25.5 Å². The summed E-state index contributed by atoms with van der Waals surface area (Å²) < 4.78 is 26.2. The first-order valence-corrected chi connectivity index (χ1v) is 4.08. The molecule has 2 N–H and O–H groups in total. The fourth-order valence-corrected chi connectivity index (χ4v) is 1.07. The number of halogens is 2. The zero-order valence-electron chi connectivity index (χ0n) is 7.59. The number of pyridine rings is 1. The molecule has 0 saturated heterocycles. The largest absolute Gasteiger partial charge is 0.324 e. The van der Waals surface area contributed by atoms with Gasteiger partial charge in [-0.1, -0.05) is 13.8 Å². The standard InChI is InChI=1S/C9H12F2N2/c1-5(2)9(12)8-6(10)3-13-4-7(8)11/h3-5,9H,12H2,1-2H3/t9-/m0/s1. The van der Waals surface area contributed by atoms with Gasteiger partial charge in [0.05, 0.1) is 12.4 Å². The van der Waals surface area contributed by atoms with E-state index in [0.717, 1.165) is 12.4 Å². The maximum Gasteiger partial charge on any atom is 0.149 e. The molecule has 0 unspecified atom stereocenters. The summed E-state index contributed by atoms with van der Waals surface area (Å²) in [6, 6.07) is -0.622. The zero-order chi connectivity index (χ0) is 10.0. The summed E-state index contributed by atoms with van der Waals surface area (Å²) >= 11 is 0. The van der Waals surface area contributed by atoms with Crippen LogP contribution in [-0.2, 0) is 0 Å². The highest BCUT2D eigenvalue weighted by atomic mass is 19.1. The van der Waals surface area contributed by atoms with E-state index in [9.17, 15) is 8.78 Å². The molecule has 0 radical (unpaired) electrons. The van der Waals surface area contributed by atoms with Crippen molar-refractivity contribution in [1.29, 1.82) is 0 Å². The fraction of sp³-hybridized carbons (Fsp3) is 0.444. The van der Waals surface area contributed by atoms with Crippen molar-refractivity contribution in [3.8, 4) is 0 Å². The lowest BCUT2D eigenvalue weighted by Crippen LogP contribution is -2.20. The number of nitrogens with zero attached hydrogens (tertiary/aromatic N) is 1. The molecule has 1 heterocycles. The van der Waals surface area contributed by atoms with Crippen LogP contribution in [0, 0.1) is 17.6 Å². The maximum absolute atomic E-state index is 13.1. The molecule has 1 rings (SSSR count). The van der Waals surface area contributed by atoms with E-state index in [0.29, 0.717) is 0 Å². The van der Waals surface area contributed by atoms with E-state index < -0.39 is 17.7 Å². The monoisotopic (exact) mass is 186 g/mol. The van der Waals surface area contributed by atoms with Crippen LogP contribution < -0.4 is 5.73 Å². The van der Waals surface area contributed by atoms with Crippen molar-refractivity contribution in [3.05, 3.63) is 29.6 Å². The SMILES string of the molecule is CC(C)[C@H](N)c1c(F)cncc1F. The molecule has 13 heavy (non-hydrogen) atoms. The minimum absolute atomic E-state index is 0.00796. The number of nitrogens with two attached hydrogens (primary N) is 1. The lowest BCUT2D eigenvalue weighted by atomic mass is 9.97. The minimum atomic E-state index is -0.679. The molecule has 0 bridgehead atoms. The van der Waals surface area contributed by atoms with E-state index in [2.05, 4.69) is 4.98 Å². The van der Waals surface area contributed by atoms with Crippen LogP contribution in [0.4, 0.5) is 8.78 Å². The summed E-state index contributed by atoms with van der Waals surface area (Å²) in [4.78, 5) is 3.38. The van der Waals surface area contributed by atoms with Gasteiger partial charge >= 0.3 is 0 Å². The van der Waals surface area contributed by atoms with Gasteiger partial charge in [-0.05, 0) is 5.92 Å². The second kappa shape index (κ2) is 3.79. The van der Waals surface area contributed by atoms with Crippen LogP contribution in [0.15, 0.2) is 12.4 Å². The normalized spacial score (nSPS) is 13.4. The smallest absolute Gasteiger partial charge is 0.149 e. The number of hydrogen-bond donors (Lipinski definition) is 1. The van der Waals surface area contributed by atoms with Gasteiger partial charge in [-0.3, -0.25) is 4.98 Å². The Morgan fingerprint density at radius 1 is 1.23 bits per heavy atom. The van der Waals surface area contributed by atoms with Gasteiger partial charge in [0.1, 0.15) is 11.6 Å². The van der Waals surface area contributed by atoms with E-state index in [4.69, 9.17) is 5.73 Å². The summed E-state index contributed by atoms with van der Waals surface area (Å²) in [5.74, 6) is -1.37. The Bertz CT molecular complexity index is 279. The van der Waals surface area contributed by atoms with Crippen LogP contribution >= 0.6 is 0 Å². The summed E-state index contributed by atoms with van der Waals surface area (Å²) in [7, 11) is 0. The molecular weight excluding hydrogens is 174 g/mol. The molecule has 0 aliphatic rings. The predicted octanol–water partition coefficient (Wildman–Crippen LogP) is 2.02. The lowest BCUT2D eigenvalue weighted by molar-refractivity contribution is 0.451. The third kappa shape index (κ3) is 2.01. The summed E-state index contributed by atoms with van der Waals surface area (Å²) in [6.45, 7) is 3.62. The van der Waals surface area contributed by atoms with Gasteiger partial charge in [-0.2, -0.15) is 0 Å². The van der Waals surface area contributed by atoms with E-state index in [1.165, 1.54) is 0 Å². The molecule has 0 aromatic carbocycles. The van der Waals surface area contributed by atoms with E-state index >= 15 is 0 Å². The highest BCUT2D eigenvalue weighted by molar-refractivity contribution is 5.19. The van der Waals surface area contributed by atoms with Crippen LogP contribution in [0.2, 0.25) is 0 Å². The van der Waals surface area contributed by atoms with Crippen LogP contribution in [0.3, 0.4) is 0 Å². The molecule has 0 saturated carbocycles. The Labute approximate surface area is 75.8 Å².